The zero-order valence-electron chi connectivity index (χ0n) is 14.5. The Bertz CT molecular complexity index is 424. The molecule has 0 bridgehead atoms. The number of carbonyl (C=O) groups excluding carboxylic acids is 2. The van der Waals surface area contributed by atoms with E-state index in [2.05, 4.69) is 6.92 Å². The van der Waals surface area contributed by atoms with Crippen molar-refractivity contribution in [2.24, 2.45) is 0 Å². The van der Waals surface area contributed by atoms with Crippen LogP contribution < -0.4 is 0 Å². The zero-order chi connectivity index (χ0) is 17.2. The van der Waals surface area contributed by atoms with Crippen LogP contribution >= 0.6 is 0 Å². The summed E-state index contributed by atoms with van der Waals surface area (Å²) in [4.78, 5) is 20.3. The van der Waals surface area contributed by atoms with Gasteiger partial charge in [0.2, 0.25) is 0 Å². The van der Waals surface area contributed by atoms with E-state index < -0.39 is 0 Å². The van der Waals surface area contributed by atoms with Gasteiger partial charge in [-0.3, -0.25) is 4.79 Å². The predicted molar refractivity (Wildman–Crippen MR) is 96.2 cm³/mol. The van der Waals surface area contributed by atoms with Crippen molar-refractivity contribution >= 4 is 18.6 Å². The number of rotatable bonds is 11. The molecule has 23 heavy (non-hydrogen) atoms. The van der Waals surface area contributed by atoms with Gasteiger partial charge in [0.05, 0.1) is 7.11 Å². The van der Waals surface area contributed by atoms with Crippen molar-refractivity contribution in [1.29, 1.82) is 0 Å². The second-order valence-electron chi connectivity index (χ2n) is 5.36. The largest absolute Gasteiger partial charge is 0.493 e. The molecule has 3 heteroatoms. The van der Waals surface area contributed by atoms with E-state index in [9.17, 15) is 9.59 Å². The Kier molecular flexibility index (Phi) is 15.1. The highest BCUT2D eigenvalue weighted by Gasteiger charge is 1.92. The molecule has 0 aliphatic carbocycles. The minimum absolute atomic E-state index is 0.334. The van der Waals surface area contributed by atoms with Crippen molar-refractivity contribution in [2.75, 3.05) is 7.11 Å². The maximum Gasteiger partial charge on any atom is 0.184 e. The molecule has 0 saturated carbocycles. The first-order valence-corrected chi connectivity index (χ1v) is 8.48. The predicted octanol–water partition coefficient (Wildman–Crippen LogP) is 5.20. The summed E-state index contributed by atoms with van der Waals surface area (Å²) in [7, 11) is 1.48. The third-order valence-electron chi connectivity index (χ3n) is 3.39. The number of hydrogen-bond acceptors (Lipinski definition) is 3. The topological polar surface area (TPSA) is 43.4 Å². The molecule has 0 heterocycles. The number of ether oxygens (including phenoxy) is 1. The number of methoxy groups -OCH3 is 1. The molecule has 0 amide bonds. The van der Waals surface area contributed by atoms with Crippen molar-refractivity contribution in [3.8, 4) is 0 Å². The lowest BCUT2D eigenvalue weighted by atomic mass is 10.1. The monoisotopic (exact) mass is 318 g/mol. The quantitative estimate of drug-likeness (QED) is 0.244. The first kappa shape index (κ1) is 21.1. The standard InChI is InChI=1S/C10H10O2.C10H20O/c1-12-10(8-11)7-9-5-3-2-4-6-9;1-2-3-4-5-6-7-8-9-10-11/h2-8H,1H3;10H,2-9H2,1H3. The normalized spacial score (nSPS) is 10.4. The molecule has 0 saturated heterocycles. The molecule has 1 aromatic rings. The van der Waals surface area contributed by atoms with E-state index in [1.807, 2.05) is 30.3 Å². The summed E-state index contributed by atoms with van der Waals surface area (Å²) >= 11 is 0. The molecule has 0 spiro atoms. The second kappa shape index (κ2) is 16.5. The summed E-state index contributed by atoms with van der Waals surface area (Å²) in [6, 6.07) is 9.55. The fourth-order valence-electron chi connectivity index (χ4n) is 2.04. The maximum absolute atomic E-state index is 10.3. The smallest absolute Gasteiger partial charge is 0.184 e. The van der Waals surface area contributed by atoms with Crippen LogP contribution in [0.3, 0.4) is 0 Å². The molecular formula is C20H30O3. The number of benzene rings is 1. The van der Waals surface area contributed by atoms with Crippen LogP contribution in [0.1, 0.15) is 63.9 Å². The van der Waals surface area contributed by atoms with E-state index in [-0.39, 0.29) is 0 Å². The lowest BCUT2D eigenvalue weighted by Crippen LogP contribution is -1.86. The molecule has 3 nitrogen and oxygen atoms in total. The zero-order valence-corrected chi connectivity index (χ0v) is 14.5. The summed E-state index contributed by atoms with van der Waals surface area (Å²) in [6.07, 6.45) is 13.2. The molecule has 0 aliphatic rings. The van der Waals surface area contributed by atoms with Gasteiger partial charge in [-0.25, -0.2) is 0 Å². The average molecular weight is 318 g/mol. The van der Waals surface area contributed by atoms with Crippen molar-refractivity contribution < 1.29 is 14.3 Å². The summed E-state index contributed by atoms with van der Waals surface area (Å²) in [6.45, 7) is 2.23. The molecule has 128 valence electrons. The Labute approximate surface area is 140 Å². The third-order valence-corrected chi connectivity index (χ3v) is 3.39. The lowest BCUT2D eigenvalue weighted by Gasteiger charge is -1.97. The molecule has 0 atom stereocenters. The highest BCUT2D eigenvalue weighted by molar-refractivity contribution is 5.78. The fourth-order valence-corrected chi connectivity index (χ4v) is 2.04. The Morgan fingerprint density at radius 1 is 0.957 bits per heavy atom. The van der Waals surface area contributed by atoms with Crippen LogP contribution in [0.5, 0.6) is 0 Å². The van der Waals surface area contributed by atoms with Crippen LogP contribution in [0.4, 0.5) is 0 Å². The van der Waals surface area contributed by atoms with Gasteiger partial charge in [-0.2, -0.15) is 0 Å². The molecule has 0 aromatic heterocycles. The Balaban J connectivity index is 0.000000423. The molecule has 0 N–H and O–H groups in total. The number of allylic oxidation sites excluding steroid dienone is 1. The van der Waals surface area contributed by atoms with Crippen LogP contribution in [0.2, 0.25) is 0 Å². The van der Waals surface area contributed by atoms with Crippen molar-refractivity contribution in [3.63, 3.8) is 0 Å². The number of unbranched alkanes of at least 4 members (excludes halogenated alkanes) is 7. The molecule has 0 unspecified atom stereocenters. The highest BCUT2D eigenvalue weighted by atomic mass is 16.5. The van der Waals surface area contributed by atoms with E-state index in [1.165, 1.54) is 45.6 Å². The number of aldehydes is 2. The highest BCUT2D eigenvalue weighted by Crippen LogP contribution is 2.07. The van der Waals surface area contributed by atoms with Gasteiger partial charge < -0.3 is 9.53 Å². The van der Waals surface area contributed by atoms with Gasteiger partial charge in [0.25, 0.3) is 0 Å². The lowest BCUT2D eigenvalue weighted by molar-refractivity contribution is -0.108. The van der Waals surface area contributed by atoms with Gasteiger partial charge >= 0.3 is 0 Å². The second-order valence-corrected chi connectivity index (χ2v) is 5.36. The Morgan fingerprint density at radius 2 is 1.57 bits per heavy atom. The molecule has 0 radical (unpaired) electrons. The summed E-state index contributed by atoms with van der Waals surface area (Å²) in [5.74, 6) is 0.334. The van der Waals surface area contributed by atoms with Crippen molar-refractivity contribution in [2.45, 2.75) is 58.3 Å². The van der Waals surface area contributed by atoms with Crippen LogP contribution in [0.25, 0.3) is 6.08 Å². The average Bonchev–Trinajstić information content (AvgIpc) is 2.60. The minimum atomic E-state index is 0.334. The molecular weight excluding hydrogens is 288 g/mol. The summed E-state index contributed by atoms with van der Waals surface area (Å²) in [5.41, 5.74) is 0.960. The molecule has 1 rings (SSSR count). The van der Waals surface area contributed by atoms with E-state index in [0.717, 1.165) is 24.7 Å². The van der Waals surface area contributed by atoms with Gasteiger partial charge in [0.15, 0.2) is 12.0 Å². The van der Waals surface area contributed by atoms with Crippen molar-refractivity contribution in [1.82, 2.24) is 0 Å². The van der Waals surface area contributed by atoms with Crippen molar-refractivity contribution in [3.05, 3.63) is 41.7 Å². The van der Waals surface area contributed by atoms with Crippen LogP contribution in [0, 0.1) is 0 Å². The summed E-state index contributed by atoms with van der Waals surface area (Å²) < 4.78 is 4.80. The van der Waals surface area contributed by atoms with Crippen LogP contribution in [0.15, 0.2) is 36.1 Å². The van der Waals surface area contributed by atoms with Gasteiger partial charge in [0, 0.05) is 6.42 Å². The first-order chi connectivity index (χ1) is 11.3. The Morgan fingerprint density at radius 3 is 2.09 bits per heavy atom. The van der Waals surface area contributed by atoms with Gasteiger partial charge in [-0.05, 0) is 18.1 Å². The summed E-state index contributed by atoms with van der Waals surface area (Å²) in [5, 5.41) is 0. The van der Waals surface area contributed by atoms with E-state index >= 15 is 0 Å². The third kappa shape index (κ3) is 13.5. The SMILES string of the molecule is CCCCCCCCCC=O.COC(C=O)=Cc1ccccc1. The Hall–Kier alpha value is -1.90. The van der Waals surface area contributed by atoms with Gasteiger partial charge in [-0.1, -0.05) is 75.8 Å². The number of carbonyl (C=O) groups is 2. The van der Waals surface area contributed by atoms with Crippen LogP contribution in [-0.4, -0.2) is 19.7 Å². The number of hydrogen-bond donors (Lipinski definition) is 0. The molecule has 0 aliphatic heterocycles. The van der Waals surface area contributed by atoms with Gasteiger partial charge in [0.1, 0.15) is 6.29 Å². The van der Waals surface area contributed by atoms with Crippen LogP contribution in [-0.2, 0) is 14.3 Å². The first-order valence-electron chi connectivity index (χ1n) is 8.48. The van der Waals surface area contributed by atoms with Gasteiger partial charge in [-0.15, -0.1) is 0 Å². The maximum atomic E-state index is 10.3. The fraction of sp³-hybridized carbons (Fsp3) is 0.500. The van der Waals surface area contributed by atoms with E-state index in [1.54, 1.807) is 6.08 Å². The molecule has 0 fully saturated rings. The van der Waals surface area contributed by atoms with E-state index in [4.69, 9.17) is 4.74 Å². The van der Waals surface area contributed by atoms with E-state index in [0.29, 0.717) is 12.0 Å². The minimum Gasteiger partial charge on any atom is -0.493 e. The molecule has 1 aromatic carbocycles.